The average molecular weight is 261 g/mol. The first-order valence-electron chi connectivity index (χ1n) is 7.10. The van der Waals surface area contributed by atoms with E-state index < -0.39 is 0 Å². The van der Waals surface area contributed by atoms with Crippen LogP contribution in [0.25, 0.3) is 0 Å². The maximum atomic E-state index is 9.58. The lowest BCUT2D eigenvalue weighted by atomic mass is 9.89. The van der Waals surface area contributed by atoms with Gasteiger partial charge in [0.1, 0.15) is 6.54 Å². The van der Waals surface area contributed by atoms with Gasteiger partial charge in [-0.15, -0.1) is 0 Å². The highest BCUT2D eigenvalue weighted by molar-refractivity contribution is 4.68. The van der Waals surface area contributed by atoms with E-state index in [-0.39, 0.29) is 4.65 Å². The number of ether oxygens (including phenoxy) is 1. The quantitative estimate of drug-likeness (QED) is 0.340. The Morgan fingerprint density at radius 1 is 1.22 bits per heavy atom. The van der Waals surface area contributed by atoms with Crippen LogP contribution in [0.15, 0.2) is 0 Å². The summed E-state index contributed by atoms with van der Waals surface area (Å²) in [6.45, 7) is 5.02. The maximum absolute atomic E-state index is 9.58. The Kier molecular flexibility index (Phi) is 9.64. The zero-order valence-electron chi connectivity index (χ0n) is 12.9. The molecule has 0 saturated carbocycles. The minimum Gasteiger partial charge on any atom is -0.384 e. The maximum Gasteiger partial charge on any atom is 0.108 e. The summed E-state index contributed by atoms with van der Waals surface area (Å²) in [4.78, 5) is 0. The van der Waals surface area contributed by atoms with Gasteiger partial charge in [-0.25, -0.2) is 5.21 Å². The third-order valence-corrected chi connectivity index (χ3v) is 3.49. The van der Waals surface area contributed by atoms with Crippen molar-refractivity contribution in [3.8, 4) is 0 Å². The van der Waals surface area contributed by atoms with Gasteiger partial charge in [0.15, 0.2) is 0 Å². The Morgan fingerprint density at radius 3 is 2.39 bits per heavy atom. The van der Waals surface area contributed by atoms with Crippen LogP contribution in [-0.2, 0) is 4.74 Å². The highest BCUT2D eigenvalue weighted by Gasteiger charge is 2.16. The highest BCUT2D eigenvalue weighted by Crippen LogP contribution is 2.19. The van der Waals surface area contributed by atoms with Crippen LogP contribution in [-0.4, -0.2) is 57.8 Å². The summed E-state index contributed by atoms with van der Waals surface area (Å²) in [6, 6.07) is 0. The monoisotopic (exact) mass is 261 g/mol. The van der Waals surface area contributed by atoms with Crippen molar-refractivity contribution in [3.05, 3.63) is 0 Å². The second kappa shape index (κ2) is 9.73. The van der Waals surface area contributed by atoms with E-state index in [0.29, 0.717) is 11.8 Å². The molecule has 18 heavy (non-hydrogen) atoms. The van der Waals surface area contributed by atoms with Crippen molar-refractivity contribution in [2.24, 2.45) is 11.8 Å². The van der Waals surface area contributed by atoms with Crippen molar-refractivity contribution in [2.75, 3.05) is 47.9 Å². The molecule has 0 aliphatic heterocycles. The SMILES string of the molecule is CNCC(C)C(CCCCC[N+](C)(C)O)COC. The minimum absolute atomic E-state index is 0.0810. The summed E-state index contributed by atoms with van der Waals surface area (Å²) >= 11 is 0. The van der Waals surface area contributed by atoms with E-state index in [2.05, 4.69) is 12.2 Å². The molecule has 0 saturated heterocycles. The summed E-state index contributed by atoms with van der Waals surface area (Å²) in [5, 5.41) is 12.8. The van der Waals surface area contributed by atoms with Crippen LogP contribution < -0.4 is 5.32 Å². The molecule has 4 nitrogen and oxygen atoms in total. The first kappa shape index (κ1) is 17.8. The van der Waals surface area contributed by atoms with Crippen LogP contribution in [0.5, 0.6) is 0 Å². The molecule has 2 N–H and O–H groups in total. The van der Waals surface area contributed by atoms with Crippen LogP contribution in [0.3, 0.4) is 0 Å². The number of rotatable bonds is 11. The lowest BCUT2D eigenvalue weighted by molar-refractivity contribution is -1.07. The molecule has 0 bridgehead atoms. The fourth-order valence-corrected chi connectivity index (χ4v) is 2.32. The van der Waals surface area contributed by atoms with Crippen LogP contribution in [0.4, 0.5) is 0 Å². The van der Waals surface area contributed by atoms with Gasteiger partial charge in [0.2, 0.25) is 0 Å². The molecule has 0 aliphatic rings. The molecule has 2 unspecified atom stereocenters. The fourth-order valence-electron chi connectivity index (χ4n) is 2.32. The molecule has 0 amide bonds. The third kappa shape index (κ3) is 9.83. The summed E-state index contributed by atoms with van der Waals surface area (Å²) in [6.07, 6.45) is 4.72. The second-order valence-electron chi connectivity index (χ2n) is 5.94. The molecule has 110 valence electrons. The molecule has 0 aromatic carbocycles. The highest BCUT2D eigenvalue weighted by atomic mass is 16.5. The van der Waals surface area contributed by atoms with E-state index in [0.717, 1.165) is 26.1 Å². The normalized spacial score (nSPS) is 15.7. The molecule has 0 fully saturated rings. The number of hydroxylamine groups is 3. The molecular formula is C14H33N2O2+. The number of hydrogen-bond acceptors (Lipinski definition) is 3. The minimum atomic E-state index is 0.0810. The van der Waals surface area contributed by atoms with Gasteiger partial charge in [0, 0.05) is 13.7 Å². The largest absolute Gasteiger partial charge is 0.384 e. The van der Waals surface area contributed by atoms with Gasteiger partial charge in [0.25, 0.3) is 0 Å². The average Bonchev–Trinajstić information content (AvgIpc) is 2.26. The first-order chi connectivity index (χ1) is 8.40. The number of methoxy groups -OCH3 is 1. The van der Waals surface area contributed by atoms with Gasteiger partial charge in [-0.1, -0.05) is 13.3 Å². The van der Waals surface area contributed by atoms with Crippen molar-refractivity contribution in [2.45, 2.75) is 32.6 Å². The predicted molar refractivity (Wildman–Crippen MR) is 75.7 cm³/mol. The Morgan fingerprint density at radius 2 is 1.89 bits per heavy atom. The molecule has 0 aliphatic carbocycles. The summed E-state index contributed by atoms with van der Waals surface area (Å²) in [5.41, 5.74) is 0. The molecular weight excluding hydrogens is 228 g/mol. The Labute approximate surface area is 113 Å². The number of nitrogens with zero attached hydrogens (tertiary/aromatic N) is 1. The van der Waals surface area contributed by atoms with E-state index in [9.17, 15) is 5.21 Å². The van der Waals surface area contributed by atoms with Crippen molar-refractivity contribution >= 4 is 0 Å². The number of quaternary nitrogens is 1. The van der Waals surface area contributed by atoms with E-state index in [4.69, 9.17) is 4.74 Å². The third-order valence-electron chi connectivity index (χ3n) is 3.49. The van der Waals surface area contributed by atoms with Crippen molar-refractivity contribution in [1.82, 2.24) is 5.32 Å². The van der Waals surface area contributed by atoms with Gasteiger partial charge in [-0.2, -0.15) is 4.65 Å². The topological polar surface area (TPSA) is 41.5 Å². The van der Waals surface area contributed by atoms with Gasteiger partial charge in [-0.3, -0.25) is 0 Å². The van der Waals surface area contributed by atoms with Gasteiger partial charge in [0.05, 0.1) is 14.1 Å². The lowest BCUT2D eigenvalue weighted by Gasteiger charge is -2.23. The van der Waals surface area contributed by atoms with E-state index in [1.165, 1.54) is 19.3 Å². The molecule has 0 heterocycles. The van der Waals surface area contributed by atoms with Gasteiger partial charge in [-0.05, 0) is 44.7 Å². The van der Waals surface area contributed by atoms with Crippen LogP contribution in [0.1, 0.15) is 32.6 Å². The van der Waals surface area contributed by atoms with Crippen LogP contribution in [0, 0.1) is 11.8 Å². The van der Waals surface area contributed by atoms with Crippen molar-refractivity contribution < 1.29 is 14.6 Å². The second-order valence-corrected chi connectivity index (χ2v) is 5.94. The van der Waals surface area contributed by atoms with Crippen molar-refractivity contribution in [3.63, 3.8) is 0 Å². The predicted octanol–water partition coefficient (Wildman–Crippen LogP) is 2.13. The van der Waals surface area contributed by atoms with Gasteiger partial charge < -0.3 is 10.1 Å². The lowest BCUT2D eigenvalue weighted by Crippen LogP contribution is -2.36. The van der Waals surface area contributed by atoms with Crippen molar-refractivity contribution in [1.29, 1.82) is 0 Å². The molecule has 2 atom stereocenters. The Hall–Kier alpha value is -0.160. The van der Waals surface area contributed by atoms with E-state index >= 15 is 0 Å². The number of nitrogens with one attached hydrogen (secondary N) is 1. The van der Waals surface area contributed by atoms with Gasteiger partial charge >= 0.3 is 0 Å². The Bertz CT molecular complexity index is 193. The number of unbranched alkanes of at least 4 members (excludes halogenated alkanes) is 2. The van der Waals surface area contributed by atoms with Crippen LogP contribution in [0.2, 0.25) is 0 Å². The number of hydrogen-bond donors (Lipinski definition) is 2. The van der Waals surface area contributed by atoms with E-state index in [1.807, 2.05) is 21.1 Å². The summed E-state index contributed by atoms with van der Waals surface area (Å²) < 4.78 is 5.39. The molecule has 4 heteroatoms. The van der Waals surface area contributed by atoms with Crippen LogP contribution >= 0.6 is 0 Å². The molecule has 0 spiro atoms. The molecule has 0 rings (SSSR count). The smallest absolute Gasteiger partial charge is 0.108 e. The Balaban J connectivity index is 3.76. The van der Waals surface area contributed by atoms with E-state index in [1.54, 1.807) is 7.11 Å². The molecule has 0 aromatic heterocycles. The zero-order chi connectivity index (χ0) is 14.0. The summed E-state index contributed by atoms with van der Waals surface area (Å²) in [7, 11) is 7.43. The zero-order valence-corrected chi connectivity index (χ0v) is 12.9. The standard InChI is InChI=1S/C14H33N2O2/c1-13(11-15-2)14(12-18-5)9-7-6-8-10-16(3,4)17/h13-15,17H,6-12H2,1-5H3/q+1. The molecule has 0 radical (unpaired) electrons. The first-order valence-corrected chi connectivity index (χ1v) is 7.10. The fraction of sp³-hybridized carbons (Fsp3) is 1.00. The molecule has 0 aromatic rings. The summed E-state index contributed by atoms with van der Waals surface area (Å²) in [5.74, 6) is 1.29.